The standard InChI is InChI=1S/C14H17NO5/c1-11(13(16)18-10-15-8-5-9-19-15)20-14(17)12-6-3-2-4-7-12/h2-4,6-7,11H,5,8-10H2,1H3. The van der Waals surface area contributed by atoms with Crippen LogP contribution in [0.5, 0.6) is 0 Å². The van der Waals surface area contributed by atoms with Crippen molar-refractivity contribution in [2.45, 2.75) is 19.4 Å². The number of carbonyl (C=O) groups excluding carboxylic acids is 2. The Kier molecular flexibility index (Phi) is 5.09. The molecule has 6 heteroatoms. The molecule has 0 aliphatic carbocycles. The van der Waals surface area contributed by atoms with Crippen molar-refractivity contribution in [2.24, 2.45) is 0 Å². The Morgan fingerprint density at radius 3 is 2.75 bits per heavy atom. The number of nitrogens with zero attached hydrogens (tertiary/aromatic N) is 1. The van der Waals surface area contributed by atoms with Gasteiger partial charge in [0.25, 0.3) is 0 Å². The van der Waals surface area contributed by atoms with Crippen molar-refractivity contribution in [2.75, 3.05) is 19.9 Å². The fourth-order valence-electron chi connectivity index (χ4n) is 1.70. The van der Waals surface area contributed by atoms with E-state index >= 15 is 0 Å². The van der Waals surface area contributed by atoms with Crippen LogP contribution in [0.1, 0.15) is 23.7 Å². The van der Waals surface area contributed by atoms with E-state index < -0.39 is 18.0 Å². The molecule has 0 spiro atoms. The first-order valence-corrected chi connectivity index (χ1v) is 6.47. The van der Waals surface area contributed by atoms with Crippen molar-refractivity contribution >= 4 is 11.9 Å². The highest BCUT2D eigenvalue weighted by atomic mass is 16.7. The molecule has 20 heavy (non-hydrogen) atoms. The SMILES string of the molecule is CC(OC(=O)c1ccccc1)C(=O)OCN1CCCO1. The van der Waals surface area contributed by atoms with E-state index in [0.29, 0.717) is 12.2 Å². The number of hydroxylamine groups is 2. The smallest absolute Gasteiger partial charge is 0.348 e. The lowest BCUT2D eigenvalue weighted by Crippen LogP contribution is -2.31. The summed E-state index contributed by atoms with van der Waals surface area (Å²) in [6, 6.07) is 8.50. The Balaban J connectivity index is 1.77. The zero-order valence-electron chi connectivity index (χ0n) is 11.3. The topological polar surface area (TPSA) is 65.1 Å². The Labute approximate surface area is 117 Å². The lowest BCUT2D eigenvalue weighted by molar-refractivity contribution is -0.189. The van der Waals surface area contributed by atoms with Crippen LogP contribution in [0, 0.1) is 0 Å². The van der Waals surface area contributed by atoms with Crippen LogP contribution in [0.3, 0.4) is 0 Å². The second-order valence-corrected chi connectivity index (χ2v) is 4.40. The van der Waals surface area contributed by atoms with Crippen molar-refractivity contribution in [3.05, 3.63) is 35.9 Å². The van der Waals surface area contributed by atoms with Crippen LogP contribution in [-0.4, -0.2) is 43.0 Å². The molecule has 0 saturated carbocycles. The van der Waals surface area contributed by atoms with E-state index in [1.54, 1.807) is 35.4 Å². The van der Waals surface area contributed by atoms with Gasteiger partial charge in [0.1, 0.15) is 0 Å². The number of carbonyl (C=O) groups is 2. The molecule has 6 nitrogen and oxygen atoms in total. The van der Waals surface area contributed by atoms with Gasteiger partial charge in [-0.1, -0.05) is 18.2 Å². The third kappa shape index (κ3) is 4.04. The minimum Gasteiger partial charge on any atom is -0.447 e. The Hall–Kier alpha value is -1.92. The van der Waals surface area contributed by atoms with Gasteiger partial charge < -0.3 is 9.47 Å². The lowest BCUT2D eigenvalue weighted by atomic mass is 10.2. The summed E-state index contributed by atoms with van der Waals surface area (Å²) in [6.07, 6.45) is -0.0406. The van der Waals surface area contributed by atoms with Crippen molar-refractivity contribution in [3.8, 4) is 0 Å². The third-order valence-electron chi connectivity index (χ3n) is 2.80. The number of ether oxygens (including phenoxy) is 2. The van der Waals surface area contributed by atoms with Gasteiger partial charge in [-0.3, -0.25) is 4.84 Å². The van der Waals surface area contributed by atoms with Gasteiger partial charge in [0.15, 0.2) is 12.8 Å². The van der Waals surface area contributed by atoms with Gasteiger partial charge in [-0.25, -0.2) is 9.59 Å². The van der Waals surface area contributed by atoms with Crippen molar-refractivity contribution in [3.63, 3.8) is 0 Å². The first kappa shape index (κ1) is 14.5. The van der Waals surface area contributed by atoms with Gasteiger partial charge in [-0.05, 0) is 25.5 Å². The van der Waals surface area contributed by atoms with Crippen molar-refractivity contribution in [1.82, 2.24) is 5.06 Å². The molecule has 1 unspecified atom stereocenters. The van der Waals surface area contributed by atoms with E-state index in [1.165, 1.54) is 6.92 Å². The summed E-state index contributed by atoms with van der Waals surface area (Å²) in [7, 11) is 0. The van der Waals surface area contributed by atoms with E-state index in [1.807, 2.05) is 0 Å². The number of benzene rings is 1. The lowest BCUT2D eigenvalue weighted by Gasteiger charge is -2.16. The van der Waals surface area contributed by atoms with Gasteiger partial charge in [0, 0.05) is 6.54 Å². The summed E-state index contributed by atoms with van der Waals surface area (Å²) in [5.74, 6) is -1.14. The van der Waals surface area contributed by atoms with Crippen LogP contribution in [0.4, 0.5) is 0 Å². The molecule has 0 bridgehead atoms. The first-order chi connectivity index (χ1) is 9.66. The predicted molar refractivity (Wildman–Crippen MR) is 69.6 cm³/mol. The molecule has 108 valence electrons. The molecular weight excluding hydrogens is 262 g/mol. The maximum absolute atomic E-state index is 11.8. The average molecular weight is 279 g/mol. The molecule has 1 aromatic carbocycles. The highest BCUT2D eigenvalue weighted by Gasteiger charge is 2.22. The van der Waals surface area contributed by atoms with E-state index in [-0.39, 0.29) is 6.73 Å². The average Bonchev–Trinajstić information content (AvgIpc) is 2.98. The van der Waals surface area contributed by atoms with Gasteiger partial charge >= 0.3 is 11.9 Å². The van der Waals surface area contributed by atoms with E-state index in [0.717, 1.165) is 13.0 Å². The summed E-state index contributed by atoms with van der Waals surface area (Å²) in [5.41, 5.74) is 0.398. The minimum atomic E-state index is -0.953. The fourth-order valence-corrected chi connectivity index (χ4v) is 1.70. The largest absolute Gasteiger partial charge is 0.447 e. The van der Waals surface area contributed by atoms with E-state index in [9.17, 15) is 9.59 Å². The van der Waals surface area contributed by atoms with Gasteiger partial charge in [-0.2, -0.15) is 5.06 Å². The first-order valence-electron chi connectivity index (χ1n) is 6.47. The fraction of sp³-hybridized carbons (Fsp3) is 0.429. The summed E-state index contributed by atoms with van der Waals surface area (Å²) < 4.78 is 10.0. The second kappa shape index (κ2) is 7.02. The molecule has 0 amide bonds. The predicted octanol–water partition coefficient (Wildman–Crippen LogP) is 1.37. The Morgan fingerprint density at radius 1 is 1.35 bits per heavy atom. The van der Waals surface area contributed by atoms with Crippen LogP contribution >= 0.6 is 0 Å². The van der Waals surface area contributed by atoms with E-state index in [2.05, 4.69) is 0 Å². The molecule has 0 aromatic heterocycles. The zero-order chi connectivity index (χ0) is 14.4. The van der Waals surface area contributed by atoms with Crippen LogP contribution in [0.2, 0.25) is 0 Å². The van der Waals surface area contributed by atoms with Gasteiger partial charge in [-0.15, -0.1) is 0 Å². The Morgan fingerprint density at radius 2 is 2.10 bits per heavy atom. The maximum Gasteiger partial charge on any atom is 0.348 e. The second-order valence-electron chi connectivity index (χ2n) is 4.40. The van der Waals surface area contributed by atoms with Crippen LogP contribution in [-0.2, 0) is 19.1 Å². The summed E-state index contributed by atoms with van der Waals surface area (Å²) in [4.78, 5) is 28.6. The normalized spacial score (nSPS) is 16.6. The minimum absolute atomic E-state index is 0.0477. The van der Waals surface area contributed by atoms with Crippen molar-refractivity contribution < 1.29 is 23.9 Å². The molecule has 1 aromatic rings. The highest BCUT2D eigenvalue weighted by molar-refractivity contribution is 5.91. The molecule has 2 rings (SSSR count). The van der Waals surface area contributed by atoms with Crippen LogP contribution < -0.4 is 0 Å². The molecule has 0 N–H and O–H groups in total. The van der Waals surface area contributed by atoms with Gasteiger partial charge in [0.05, 0.1) is 12.2 Å². The van der Waals surface area contributed by atoms with Crippen molar-refractivity contribution in [1.29, 1.82) is 0 Å². The number of hydrogen-bond acceptors (Lipinski definition) is 6. The molecule has 1 heterocycles. The molecule has 1 saturated heterocycles. The molecule has 1 atom stereocenters. The molecule has 0 radical (unpaired) electrons. The summed E-state index contributed by atoms with van der Waals surface area (Å²) in [5, 5.41) is 1.56. The molecular formula is C14H17NO5. The summed E-state index contributed by atoms with van der Waals surface area (Å²) >= 11 is 0. The molecule has 1 aliphatic heterocycles. The number of rotatable bonds is 5. The van der Waals surface area contributed by atoms with Crippen LogP contribution in [0.15, 0.2) is 30.3 Å². The maximum atomic E-state index is 11.8. The molecule has 1 fully saturated rings. The summed E-state index contributed by atoms with van der Waals surface area (Å²) in [6.45, 7) is 2.89. The quantitative estimate of drug-likeness (QED) is 0.758. The number of hydrogen-bond donors (Lipinski definition) is 0. The van der Waals surface area contributed by atoms with E-state index in [4.69, 9.17) is 14.3 Å². The van der Waals surface area contributed by atoms with Gasteiger partial charge in [0.2, 0.25) is 0 Å². The molecule has 1 aliphatic rings. The monoisotopic (exact) mass is 279 g/mol. The number of esters is 2. The highest BCUT2D eigenvalue weighted by Crippen LogP contribution is 2.07. The third-order valence-corrected chi connectivity index (χ3v) is 2.80. The Bertz CT molecular complexity index is 456. The van der Waals surface area contributed by atoms with Crippen LogP contribution in [0.25, 0.3) is 0 Å². The zero-order valence-corrected chi connectivity index (χ0v) is 11.3.